The molecule has 2 unspecified atom stereocenters. The number of esters is 1. The molecule has 0 spiro atoms. The molecule has 3 rings (SSSR count). The third-order valence-electron chi connectivity index (χ3n) is 5.23. The number of carbonyl (C=O) groups is 1. The fraction of sp³-hybridized carbons (Fsp3) is 0.933. The summed E-state index contributed by atoms with van der Waals surface area (Å²) in [4.78, 5) is 17.8. The molecule has 5 heteroatoms. The van der Waals surface area contributed by atoms with Crippen molar-refractivity contribution in [2.45, 2.75) is 44.2 Å². The quantitative estimate of drug-likeness (QED) is 0.761. The van der Waals surface area contributed by atoms with Crippen molar-refractivity contribution in [3.8, 4) is 0 Å². The van der Waals surface area contributed by atoms with Gasteiger partial charge in [-0.05, 0) is 45.7 Å². The summed E-state index contributed by atoms with van der Waals surface area (Å²) in [5.41, 5.74) is -0.376. The molecular formula is C15H27N3O2. The van der Waals surface area contributed by atoms with Crippen LogP contribution in [-0.4, -0.2) is 73.2 Å². The molecule has 0 amide bonds. The standard InChI is InChI=1S/C15H27N3O2/c1-2-20-14(19)15(18-10-4-7-16-8-12-18)6-11-17-9-3-5-13(15)17/h13,16H,2-12H2,1H3. The monoisotopic (exact) mass is 281 g/mol. The van der Waals surface area contributed by atoms with Gasteiger partial charge in [0.05, 0.1) is 6.61 Å². The van der Waals surface area contributed by atoms with E-state index in [4.69, 9.17) is 4.74 Å². The van der Waals surface area contributed by atoms with Gasteiger partial charge in [-0.15, -0.1) is 0 Å². The van der Waals surface area contributed by atoms with Crippen molar-refractivity contribution in [1.29, 1.82) is 0 Å². The smallest absolute Gasteiger partial charge is 0.328 e. The Morgan fingerprint density at radius 1 is 1.25 bits per heavy atom. The number of fused-ring (bicyclic) bond motifs is 1. The van der Waals surface area contributed by atoms with E-state index in [0.29, 0.717) is 12.6 Å². The highest BCUT2D eigenvalue weighted by molar-refractivity contribution is 5.82. The molecule has 3 aliphatic heterocycles. The molecular weight excluding hydrogens is 254 g/mol. The van der Waals surface area contributed by atoms with E-state index in [-0.39, 0.29) is 11.5 Å². The SMILES string of the molecule is CCOC(=O)C1(N2CCCNCC2)CCN2CCCC21. The van der Waals surface area contributed by atoms with E-state index in [1.807, 2.05) is 6.92 Å². The lowest BCUT2D eigenvalue weighted by atomic mass is 9.86. The van der Waals surface area contributed by atoms with Crippen LogP contribution in [0.5, 0.6) is 0 Å². The van der Waals surface area contributed by atoms with Gasteiger partial charge in [-0.2, -0.15) is 0 Å². The van der Waals surface area contributed by atoms with Crippen LogP contribution in [0.15, 0.2) is 0 Å². The number of hydrogen-bond donors (Lipinski definition) is 1. The Balaban J connectivity index is 1.88. The molecule has 3 saturated heterocycles. The van der Waals surface area contributed by atoms with Gasteiger partial charge in [0.15, 0.2) is 0 Å². The summed E-state index contributed by atoms with van der Waals surface area (Å²) in [7, 11) is 0. The molecule has 0 aliphatic carbocycles. The van der Waals surface area contributed by atoms with Gasteiger partial charge in [0.25, 0.3) is 0 Å². The van der Waals surface area contributed by atoms with Crippen LogP contribution in [0.25, 0.3) is 0 Å². The Morgan fingerprint density at radius 3 is 3.00 bits per heavy atom. The first-order chi connectivity index (χ1) is 9.79. The van der Waals surface area contributed by atoms with Gasteiger partial charge >= 0.3 is 5.97 Å². The van der Waals surface area contributed by atoms with Crippen LogP contribution in [0.1, 0.15) is 32.6 Å². The van der Waals surface area contributed by atoms with Gasteiger partial charge in [-0.1, -0.05) is 0 Å². The van der Waals surface area contributed by atoms with E-state index >= 15 is 0 Å². The maximum Gasteiger partial charge on any atom is 0.328 e. The van der Waals surface area contributed by atoms with Gasteiger partial charge in [0, 0.05) is 32.2 Å². The minimum absolute atomic E-state index is 0.0244. The number of hydrogen-bond acceptors (Lipinski definition) is 5. The highest BCUT2D eigenvalue weighted by Crippen LogP contribution is 2.41. The topological polar surface area (TPSA) is 44.8 Å². The Bertz CT molecular complexity index is 355. The van der Waals surface area contributed by atoms with E-state index in [9.17, 15) is 4.79 Å². The van der Waals surface area contributed by atoms with E-state index in [0.717, 1.165) is 58.5 Å². The first kappa shape index (κ1) is 14.3. The van der Waals surface area contributed by atoms with Crippen molar-refractivity contribution in [3.05, 3.63) is 0 Å². The van der Waals surface area contributed by atoms with E-state index < -0.39 is 0 Å². The zero-order valence-electron chi connectivity index (χ0n) is 12.6. The molecule has 0 aromatic heterocycles. The van der Waals surface area contributed by atoms with Crippen molar-refractivity contribution in [2.24, 2.45) is 0 Å². The van der Waals surface area contributed by atoms with Crippen molar-refractivity contribution in [1.82, 2.24) is 15.1 Å². The van der Waals surface area contributed by atoms with Crippen LogP contribution in [0.3, 0.4) is 0 Å². The van der Waals surface area contributed by atoms with Crippen molar-refractivity contribution in [3.63, 3.8) is 0 Å². The fourth-order valence-electron chi connectivity index (χ4n) is 4.35. The Kier molecular flexibility index (Phi) is 4.29. The molecule has 2 atom stereocenters. The number of carbonyl (C=O) groups excluding carboxylic acids is 1. The molecule has 114 valence electrons. The molecule has 1 N–H and O–H groups in total. The van der Waals surface area contributed by atoms with Gasteiger partial charge in [-0.25, -0.2) is 4.79 Å². The fourth-order valence-corrected chi connectivity index (χ4v) is 4.35. The zero-order valence-corrected chi connectivity index (χ0v) is 12.6. The lowest BCUT2D eigenvalue weighted by Crippen LogP contribution is -2.62. The van der Waals surface area contributed by atoms with Crippen LogP contribution < -0.4 is 5.32 Å². The largest absolute Gasteiger partial charge is 0.465 e. The molecule has 0 saturated carbocycles. The third kappa shape index (κ3) is 2.26. The second-order valence-corrected chi connectivity index (χ2v) is 6.18. The molecule has 3 heterocycles. The van der Waals surface area contributed by atoms with Crippen molar-refractivity contribution < 1.29 is 9.53 Å². The highest BCUT2D eigenvalue weighted by atomic mass is 16.5. The number of ether oxygens (including phenoxy) is 1. The summed E-state index contributed by atoms with van der Waals surface area (Å²) >= 11 is 0. The second-order valence-electron chi connectivity index (χ2n) is 6.18. The highest BCUT2D eigenvalue weighted by Gasteiger charge is 2.58. The van der Waals surface area contributed by atoms with E-state index in [1.54, 1.807) is 0 Å². The Morgan fingerprint density at radius 2 is 2.15 bits per heavy atom. The van der Waals surface area contributed by atoms with Gasteiger partial charge in [0.1, 0.15) is 5.54 Å². The third-order valence-corrected chi connectivity index (χ3v) is 5.23. The maximum atomic E-state index is 12.8. The van der Waals surface area contributed by atoms with Crippen molar-refractivity contribution >= 4 is 5.97 Å². The molecule has 0 bridgehead atoms. The number of nitrogens with zero attached hydrogens (tertiary/aromatic N) is 2. The van der Waals surface area contributed by atoms with Gasteiger partial charge in [-0.3, -0.25) is 9.80 Å². The molecule has 0 aromatic rings. The molecule has 3 aliphatic rings. The summed E-state index contributed by atoms with van der Waals surface area (Å²) in [6.45, 7) is 8.61. The number of rotatable bonds is 3. The van der Waals surface area contributed by atoms with Crippen LogP contribution >= 0.6 is 0 Å². The van der Waals surface area contributed by atoms with E-state index in [2.05, 4.69) is 15.1 Å². The summed E-state index contributed by atoms with van der Waals surface area (Å²) in [5.74, 6) is 0.0244. The average Bonchev–Trinajstić information content (AvgIpc) is 2.93. The molecule has 0 aromatic carbocycles. The summed E-state index contributed by atoms with van der Waals surface area (Å²) < 4.78 is 5.50. The Labute approximate surface area is 121 Å². The van der Waals surface area contributed by atoms with Gasteiger partial charge in [0.2, 0.25) is 0 Å². The summed E-state index contributed by atoms with van der Waals surface area (Å²) in [6.07, 6.45) is 4.42. The predicted octanol–water partition coefficient (Wildman–Crippen LogP) is 0.452. The normalized spacial score (nSPS) is 35.8. The Hall–Kier alpha value is -0.650. The first-order valence-electron chi connectivity index (χ1n) is 8.16. The maximum absolute atomic E-state index is 12.8. The summed E-state index contributed by atoms with van der Waals surface area (Å²) in [6, 6.07) is 0.375. The average molecular weight is 281 g/mol. The molecule has 3 fully saturated rings. The van der Waals surface area contributed by atoms with Crippen LogP contribution in [0.2, 0.25) is 0 Å². The molecule has 0 radical (unpaired) electrons. The summed E-state index contributed by atoms with van der Waals surface area (Å²) in [5, 5.41) is 3.44. The molecule has 5 nitrogen and oxygen atoms in total. The second kappa shape index (κ2) is 6.00. The van der Waals surface area contributed by atoms with Gasteiger partial charge < -0.3 is 10.1 Å². The minimum Gasteiger partial charge on any atom is -0.465 e. The van der Waals surface area contributed by atoms with Crippen LogP contribution in [0, 0.1) is 0 Å². The predicted molar refractivity (Wildman–Crippen MR) is 77.6 cm³/mol. The molecule has 20 heavy (non-hydrogen) atoms. The minimum atomic E-state index is -0.376. The van der Waals surface area contributed by atoms with Crippen molar-refractivity contribution in [2.75, 3.05) is 45.9 Å². The van der Waals surface area contributed by atoms with Crippen LogP contribution in [-0.2, 0) is 9.53 Å². The first-order valence-corrected chi connectivity index (χ1v) is 8.16. The zero-order chi connectivity index (χ0) is 14.0. The lowest BCUT2D eigenvalue weighted by Gasteiger charge is -2.42. The number of nitrogens with one attached hydrogen (secondary N) is 1. The lowest BCUT2D eigenvalue weighted by molar-refractivity contribution is -0.159. The van der Waals surface area contributed by atoms with Crippen LogP contribution in [0.4, 0.5) is 0 Å². The van der Waals surface area contributed by atoms with E-state index in [1.165, 1.54) is 6.42 Å².